The number of nitrogens with one attached hydrogen (secondary N) is 1. The van der Waals surface area contributed by atoms with Crippen molar-refractivity contribution in [1.29, 1.82) is 0 Å². The van der Waals surface area contributed by atoms with E-state index in [1.165, 1.54) is 11.1 Å². The molecule has 0 fully saturated rings. The standard InChI is InChI=1S/C18H26N4OS.HI/c1-13-6-7-17(23-5)15(10-13)8-9-20-18(19-3)22(4)11-16-12-24-14(2)21-16;/h6-7,10,12H,8-9,11H2,1-5H3,(H,19,20);1H. The number of ether oxygens (including phenoxy) is 1. The number of hydrogen-bond donors (Lipinski definition) is 1. The van der Waals surface area contributed by atoms with Crippen LogP contribution < -0.4 is 10.1 Å². The average Bonchev–Trinajstić information content (AvgIpc) is 2.96. The highest BCUT2D eigenvalue weighted by atomic mass is 127. The largest absolute Gasteiger partial charge is 0.496 e. The summed E-state index contributed by atoms with van der Waals surface area (Å²) >= 11 is 1.67. The molecule has 0 bridgehead atoms. The highest BCUT2D eigenvalue weighted by Crippen LogP contribution is 2.19. The second-order valence-corrected chi connectivity index (χ2v) is 6.82. The zero-order chi connectivity index (χ0) is 17.5. The molecule has 138 valence electrons. The van der Waals surface area contributed by atoms with Crippen LogP contribution in [0.15, 0.2) is 28.6 Å². The summed E-state index contributed by atoms with van der Waals surface area (Å²) in [4.78, 5) is 10.9. The lowest BCUT2D eigenvalue weighted by Gasteiger charge is -2.21. The molecule has 0 aliphatic carbocycles. The van der Waals surface area contributed by atoms with Crippen LogP contribution in [0.2, 0.25) is 0 Å². The first-order valence-corrected chi connectivity index (χ1v) is 8.87. The van der Waals surface area contributed by atoms with E-state index in [2.05, 4.69) is 44.6 Å². The molecule has 2 aromatic rings. The molecular weight excluding hydrogens is 447 g/mol. The van der Waals surface area contributed by atoms with Gasteiger partial charge in [0, 0.05) is 26.0 Å². The summed E-state index contributed by atoms with van der Waals surface area (Å²) in [5.74, 6) is 1.80. The van der Waals surface area contributed by atoms with Gasteiger partial charge in [-0.2, -0.15) is 0 Å². The molecule has 5 nitrogen and oxygen atoms in total. The number of halogens is 1. The molecule has 0 atom stereocenters. The Morgan fingerprint density at radius 2 is 2.12 bits per heavy atom. The van der Waals surface area contributed by atoms with Crippen molar-refractivity contribution >= 4 is 41.3 Å². The van der Waals surface area contributed by atoms with E-state index < -0.39 is 0 Å². The Morgan fingerprint density at radius 1 is 1.36 bits per heavy atom. The van der Waals surface area contributed by atoms with Crippen molar-refractivity contribution in [2.45, 2.75) is 26.8 Å². The molecule has 0 amide bonds. The summed E-state index contributed by atoms with van der Waals surface area (Å²) in [5.41, 5.74) is 3.52. The molecule has 0 aliphatic rings. The molecule has 0 aliphatic heterocycles. The van der Waals surface area contributed by atoms with Crippen LogP contribution in [0.4, 0.5) is 0 Å². The van der Waals surface area contributed by atoms with Crippen molar-refractivity contribution in [3.8, 4) is 5.75 Å². The van der Waals surface area contributed by atoms with E-state index in [4.69, 9.17) is 4.74 Å². The van der Waals surface area contributed by atoms with Crippen LogP contribution in [-0.4, -0.2) is 43.6 Å². The first kappa shape index (κ1) is 21.7. The molecule has 7 heteroatoms. The van der Waals surface area contributed by atoms with Gasteiger partial charge in [0.15, 0.2) is 5.96 Å². The molecule has 1 heterocycles. The zero-order valence-corrected chi connectivity index (χ0v) is 18.6. The van der Waals surface area contributed by atoms with E-state index in [0.717, 1.165) is 41.9 Å². The van der Waals surface area contributed by atoms with Crippen molar-refractivity contribution in [3.63, 3.8) is 0 Å². The fourth-order valence-electron chi connectivity index (χ4n) is 2.60. The smallest absolute Gasteiger partial charge is 0.193 e. The minimum absolute atomic E-state index is 0. The number of hydrogen-bond acceptors (Lipinski definition) is 4. The van der Waals surface area contributed by atoms with Gasteiger partial charge in [0.25, 0.3) is 0 Å². The summed E-state index contributed by atoms with van der Waals surface area (Å²) in [5, 5.41) is 6.60. The van der Waals surface area contributed by atoms with Gasteiger partial charge in [-0.05, 0) is 31.9 Å². The molecule has 0 saturated carbocycles. The number of aliphatic imine (C=N–C) groups is 1. The predicted octanol–water partition coefficient (Wildman–Crippen LogP) is 3.64. The van der Waals surface area contributed by atoms with Gasteiger partial charge < -0.3 is 15.0 Å². The Kier molecular flexibility index (Phi) is 9.20. The number of nitrogens with zero attached hydrogens (tertiary/aromatic N) is 3. The fraction of sp³-hybridized carbons (Fsp3) is 0.444. The molecular formula is C18H27IN4OS. The number of aryl methyl sites for hydroxylation is 2. The number of guanidine groups is 1. The second-order valence-electron chi connectivity index (χ2n) is 5.75. The quantitative estimate of drug-likeness (QED) is 0.395. The lowest BCUT2D eigenvalue weighted by Crippen LogP contribution is -2.39. The van der Waals surface area contributed by atoms with Crippen LogP contribution in [0.25, 0.3) is 0 Å². The third-order valence-electron chi connectivity index (χ3n) is 3.75. The average molecular weight is 474 g/mol. The van der Waals surface area contributed by atoms with Crippen LogP contribution in [0.5, 0.6) is 5.75 Å². The summed E-state index contributed by atoms with van der Waals surface area (Å²) in [7, 11) is 5.54. The van der Waals surface area contributed by atoms with Crippen molar-refractivity contribution in [2.24, 2.45) is 4.99 Å². The highest BCUT2D eigenvalue weighted by Gasteiger charge is 2.09. The Labute approximate surface area is 171 Å². The van der Waals surface area contributed by atoms with Crippen LogP contribution in [0.1, 0.15) is 21.8 Å². The summed E-state index contributed by atoms with van der Waals surface area (Å²) < 4.78 is 5.44. The van der Waals surface area contributed by atoms with Crippen LogP contribution in [0.3, 0.4) is 0 Å². The van der Waals surface area contributed by atoms with Gasteiger partial charge in [-0.1, -0.05) is 17.7 Å². The van der Waals surface area contributed by atoms with Gasteiger partial charge in [-0.25, -0.2) is 4.98 Å². The van der Waals surface area contributed by atoms with Gasteiger partial charge in [0.05, 0.1) is 24.4 Å². The van der Waals surface area contributed by atoms with Gasteiger partial charge in [-0.15, -0.1) is 35.3 Å². The first-order chi connectivity index (χ1) is 11.5. The summed E-state index contributed by atoms with van der Waals surface area (Å²) in [6.07, 6.45) is 0.882. The van der Waals surface area contributed by atoms with Gasteiger partial charge >= 0.3 is 0 Å². The van der Waals surface area contributed by atoms with Crippen LogP contribution in [0, 0.1) is 13.8 Å². The maximum atomic E-state index is 5.44. The highest BCUT2D eigenvalue weighted by molar-refractivity contribution is 14.0. The maximum absolute atomic E-state index is 5.44. The predicted molar refractivity (Wildman–Crippen MR) is 117 cm³/mol. The van der Waals surface area contributed by atoms with Crippen molar-refractivity contribution < 1.29 is 4.74 Å². The van der Waals surface area contributed by atoms with Crippen molar-refractivity contribution in [3.05, 3.63) is 45.4 Å². The second kappa shape index (κ2) is 10.6. The van der Waals surface area contributed by atoms with Crippen molar-refractivity contribution in [2.75, 3.05) is 27.7 Å². The molecule has 0 spiro atoms. The lowest BCUT2D eigenvalue weighted by atomic mass is 10.1. The summed E-state index contributed by atoms with van der Waals surface area (Å²) in [6, 6.07) is 6.26. The van der Waals surface area contributed by atoms with E-state index in [9.17, 15) is 0 Å². The molecule has 25 heavy (non-hydrogen) atoms. The zero-order valence-electron chi connectivity index (χ0n) is 15.5. The third-order valence-corrected chi connectivity index (χ3v) is 4.57. The number of aromatic nitrogens is 1. The van der Waals surface area contributed by atoms with E-state index >= 15 is 0 Å². The van der Waals surface area contributed by atoms with Crippen LogP contribution >= 0.6 is 35.3 Å². The molecule has 1 aromatic carbocycles. The monoisotopic (exact) mass is 474 g/mol. The normalized spacial score (nSPS) is 11.0. The SMILES string of the molecule is CN=C(NCCc1cc(C)ccc1OC)N(C)Cc1csc(C)n1.I. The Bertz CT molecular complexity index is 702. The Hall–Kier alpha value is -1.35. The molecule has 1 N–H and O–H groups in total. The van der Waals surface area contributed by atoms with Crippen LogP contribution in [-0.2, 0) is 13.0 Å². The number of benzene rings is 1. The Morgan fingerprint density at radius 3 is 2.72 bits per heavy atom. The minimum atomic E-state index is 0. The number of thiazole rings is 1. The Balaban J connectivity index is 0.00000312. The summed E-state index contributed by atoms with van der Waals surface area (Å²) in [6.45, 7) is 5.67. The lowest BCUT2D eigenvalue weighted by molar-refractivity contribution is 0.409. The number of methoxy groups -OCH3 is 1. The van der Waals surface area contributed by atoms with Gasteiger partial charge in [0.1, 0.15) is 5.75 Å². The molecule has 0 radical (unpaired) electrons. The molecule has 2 rings (SSSR count). The van der Waals surface area contributed by atoms with E-state index in [0.29, 0.717) is 0 Å². The third kappa shape index (κ3) is 6.47. The van der Waals surface area contributed by atoms with Gasteiger partial charge in [0.2, 0.25) is 0 Å². The minimum Gasteiger partial charge on any atom is -0.496 e. The fourth-order valence-corrected chi connectivity index (χ4v) is 3.20. The molecule has 1 aromatic heterocycles. The maximum Gasteiger partial charge on any atom is 0.193 e. The topological polar surface area (TPSA) is 49.8 Å². The van der Waals surface area contributed by atoms with E-state index in [-0.39, 0.29) is 24.0 Å². The molecule has 0 saturated heterocycles. The molecule has 0 unspecified atom stereocenters. The number of rotatable bonds is 6. The van der Waals surface area contributed by atoms with E-state index in [1.807, 2.05) is 20.0 Å². The first-order valence-electron chi connectivity index (χ1n) is 7.99. The van der Waals surface area contributed by atoms with E-state index in [1.54, 1.807) is 25.5 Å². The van der Waals surface area contributed by atoms with Crippen molar-refractivity contribution in [1.82, 2.24) is 15.2 Å². The van der Waals surface area contributed by atoms with Gasteiger partial charge in [-0.3, -0.25) is 4.99 Å².